The normalized spacial score (nSPS) is 14.5. The second-order valence-electron chi connectivity index (χ2n) is 9.09. The molecule has 0 bridgehead atoms. The van der Waals surface area contributed by atoms with Crippen LogP contribution in [0, 0.1) is 18.7 Å². The zero-order valence-corrected chi connectivity index (χ0v) is 21.0. The molecule has 1 aliphatic heterocycles. The number of nitrogens with zero attached hydrogens (tertiary/aromatic N) is 5. The van der Waals surface area contributed by atoms with Crippen LogP contribution < -0.4 is 15.1 Å². The number of piperazine rings is 1. The number of benzene rings is 1. The van der Waals surface area contributed by atoms with Crippen LogP contribution in [0.5, 0.6) is 0 Å². The number of anilines is 3. The number of rotatable bonds is 6. The maximum Gasteiger partial charge on any atom is 0.419 e. The van der Waals surface area contributed by atoms with Crippen molar-refractivity contribution in [2.24, 2.45) is 5.92 Å². The van der Waals surface area contributed by atoms with E-state index in [1.54, 1.807) is 11.0 Å². The van der Waals surface area contributed by atoms with Crippen LogP contribution in [0.4, 0.5) is 35.1 Å². The number of nitrogens with one attached hydrogen (secondary N) is 1. The summed E-state index contributed by atoms with van der Waals surface area (Å²) in [4.78, 5) is 17.1. The summed E-state index contributed by atoms with van der Waals surface area (Å²) in [5, 5.41) is 3.24. The highest BCUT2D eigenvalue weighted by Crippen LogP contribution is 2.36. The van der Waals surface area contributed by atoms with Gasteiger partial charge in [0, 0.05) is 50.0 Å². The first-order valence-electron chi connectivity index (χ1n) is 11.6. The molecule has 0 amide bonds. The predicted molar refractivity (Wildman–Crippen MR) is 134 cm³/mol. The van der Waals surface area contributed by atoms with Gasteiger partial charge in [0.15, 0.2) is 0 Å². The summed E-state index contributed by atoms with van der Waals surface area (Å²) < 4.78 is 54.3. The Balaban J connectivity index is 1.64. The Morgan fingerprint density at radius 3 is 2.31 bits per heavy atom. The van der Waals surface area contributed by atoms with Gasteiger partial charge < -0.3 is 15.1 Å². The van der Waals surface area contributed by atoms with E-state index in [0.29, 0.717) is 61.7 Å². The van der Waals surface area contributed by atoms with E-state index in [0.717, 1.165) is 11.6 Å². The van der Waals surface area contributed by atoms with E-state index in [9.17, 15) is 17.6 Å². The molecule has 1 saturated heterocycles. The van der Waals surface area contributed by atoms with Gasteiger partial charge in [-0.15, -0.1) is 0 Å². The second kappa shape index (κ2) is 10.5. The van der Waals surface area contributed by atoms with Crippen LogP contribution in [-0.4, -0.2) is 47.7 Å². The average Bonchev–Trinajstić information content (AvgIpc) is 2.84. The van der Waals surface area contributed by atoms with Gasteiger partial charge in [0.25, 0.3) is 0 Å². The number of hydrogen-bond donors (Lipinski definition) is 1. The zero-order chi connectivity index (χ0) is 26.0. The minimum atomic E-state index is -4.48. The standard InChI is InChI=1S/C25H27ClF4N6/c1-15(2)14-32-24-33-21(17-6-7-20(27)19(26)13-17)16(3)22(34-24)35-9-11-36(12-10-35)23-18(25(28,29)30)5-4-8-31-23/h4-8,13,15H,9-12,14H2,1-3H3,(H,32,33,34). The summed E-state index contributed by atoms with van der Waals surface area (Å²) in [6.45, 7) is 8.23. The predicted octanol–water partition coefficient (Wildman–Crippen LogP) is 6.05. The lowest BCUT2D eigenvalue weighted by atomic mass is 10.1. The molecule has 192 valence electrons. The fraction of sp³-hybridized carbons (Fsp3) is 0.400. The third kappa shape index (κ3) is 5.64. The van der Waals surface area contributed by atoms with Gasteiger partial charge in [0.1, 0.15) is 17.5 Å². The Labute approximate surface area is 212 Å². The van der Waals surface area contributed by atoms with Gasteiger partial charge in [0.2, 0.25) is 5.95 Å². The first kappa shape index (κ1) is 25.9. The molecule has 6 nitrogen and oxygen atoms in total. The lowest BCUT2D eigenvalue weighted by molar-refractivity contribution is -0.137. The van der Waals surface area contributed by atoms with Crippen molar-refractivity contribution in [3.05, 3.63) is 58.5 Å². The maximum absolute atomic E-state index is 13.8. The SMILES string of the molecule is Cc1c(-c2ccc(F)c(Cl)c2)nc(NCC(C)C)nc1N1CCN(c2ncccc2C(F)(F)F)CC1. The number of alkyl halides is 3. The molecule has 1 aliphatic rings. The molecule has 1 fully saturated rings. The van der Waals surface area contributed by atoms with E-state index in [1.165, 1.54) is 24.4 Å². The molecule has 1 aromatic carbocycles. The van der Waals surface area contributed by atoms with Gasteiger partial charge in [-0.2, -0.15) is 18.2 Å². The first-order valence-corrected chi connectivity index (χ1v) is 12.0. The molecule has 0 unspecified atom stereocenters. The summed E-state index contributed by atoms with van der Waals surface area (Å²) in [6, 6.07) is 6.78. The summed E-state index contributed by atoms with van der Waals surface area (Å²) >= 11 is 6.03. The van der Waals surface area contributed by atoms with Crippen molar-refractivity contribution in [2.45, 2.75) is 26.9 Å². The highest BCUT2D eigenvalue weighted by atomic mass is 35.5. The number of halogens is 5. The molecule has 0 aliphatic carbocycles. The molecule has 0 spiro atoms. The minimum absolute atomic E-state index is 0.00630. The van der Waals surface area contributed by atoms with Gasteiger partial charge in [-0.05, 0) is 43.2 Å². The Kier molecular flexibility index (Phi) is 7.54. The van der Waals surface area contributed by atoms with E-state index in [-0.39, 0.29) is 10.8 Å². The van der Waals surface area contributed by atoms with Crippen molar-refractivity contribution in [1.29, 1.82) is 0 Å². The number of pyridine rings is 1. The van der Waals surface area contributed by atoms with Gasteiger partial charge in [0.05, 0.1) is 16.3 Å². The largest absolute Gasteiger partial charge is 0.419 e. The van der Waals surface area contributed by atoms with Crippen LogP contribution in [0.3, 0.4) is 0 Å². The smallest absolute Gasteiger partial charge is 0.354 e. The quantitative estimate of drug-likeness (QED) is 0.398. The van der Waals surface area contributed by atoms with E-state index >= 15 is 0 Å². The molecule has 4 rings (SSSR count). The summed E-state index contributed by atoms with van der Waals surface area (Å²) in [7, 11) is 0. The van der Waals surface area contributed by atoms with Crippen LogP contribution in [0.2, 0.25) is 5.02 Å². The number of hydrogen-bond acceptors (Lipinski definition) is 6. The van der Waals surface area contributed by atoms with Crippen molar-refractivity contribution in [3.8, 4) is 11.3 Å². The van der Waals surface area contributed by atoms with Gasteiger partial charge in [-0.3, -0.25) is 0 Å². The monoisotopic (exact) mass is 522 g/mol. The summed E-state index contributed by atoms with van der Waals surface area (Å²) in [6.07, 6.45) is -3.11. The molecular weight excluding hydrogens is 496 g/mol. The average molecular weight is 523 g/mol. The second-order valence-corrected chi connectivity index (χ2v) is 9.50. The van der Waals surface area contributed by atoms with E-state index < -0.39 is 17.6 Å². The summed E-state index contributed by atoms with van der Waals surface area (Å²) in [5.41, 5.74) is 1.29. The first-order chi connectivity index (χ1) is 17.0. The Morgan fingerprint density at radius 1 is 1.03 bits per heavy atom. The van der Waals surface area contributed by atoms with Crippen LogP contribution in [-0.2, 0) is 6.18 Å². The van der Waals surface area contributed by atoms with Crippen LogP contribution in [0.1, 0.15) is 25.0 Å². The molecule has 3 heterocycles. The van der Waals surface area contributed by atoms with Gasteiger partial charge in [-0.25, -0.2) is 14.4 Å². The fourth-order valence-electron chi connectivity index (χ4n) is 4.11. The van der Waals surface area contributed by atoms with Crippen LogP contribution in [0.25, 0.3) is 11.3 Å². The third-order valence-electron chi connectivity index (χ3n) is 5.95. The third-order valence-corrected chi connectivity index (χ3v) is 6.24. The maximum atomic E-state index is 13.8. The molecule has 2 aromatic heterocycles. The van der Waals surface area contributed by atoms with Crippen molar-refractivity contribution in [3.63, 3.8) is 0 Å². The zero-order valence-electron chi connectivity index (χ0n) is 20.2. The summed E-state index contributed by atoms with van der Waals surface area (Å²) in [5.74, 6) is 0.862. The Hall–Kier alpha value is -3.14. The van der Waals surface area contributed by atoms with Crippen LogP contribution >= 0.6 is 11.6 Å². The van der Waals surface area contributed by atoms with Crippen molar-refractivity contribution in [1.82, 2.24) is 15.0 Å². The minimum Gasteiger partial charge on any atom is -0.354 e. The van der Waals surface area contributed by atoms with Crippen molar-refractivity contribution in [2.75, 3.05) is 47.8 Å². The molecule has 0 saturated carbocycles. The molecule has 36 heavy (non-hydrogen) atoms. The lowest BCUT2D eigenvalue weighted by Gasteiger charge is -2.37. The fourth-order valence-corrected chi connectivity index (χ4v) is 4.29. The van der Waals surface area contributed by atoms with E-state index in [2.05, 4.69) is 29.1 Å². The van der Waals surface area contributed by atoms with Crippen molar-refractivity contribution >= 4 is 29.2 Å². The molecule has 0 radical (unpaired) electrons. The number of aromatic nitrogens is 3. The van der Waals surface area contributed by atoms with Crippen LogP contribution in [0.15, 0.2) is 36.5 Å². The van der Waals surface area contributed by atoms with E-state index in [1.807, 2.05) is 11.8 Å². The van der Waals surface area contributed by atoms with Crippen molar-refractivity contribution < 1.29 is 17.6 Å². The highest BCUT2D eigenvalue weighted by Gasteiger charge is 2.36. The Bertz CT molecular complexity index is 1230. The topological polar surface area (TPSA) is 57.2 Å². The molecule has 3 aromatic rings. The molecule has 1 N–H and O–H groups in total. The van der Waals surface area contributed by atoms with E-state index in [4.69, 9.17) is 16.6 Å². The lowest BCUT2D eigenvalue weighted by Crippen LogP contribution is -2.48. The highest BCUT2D eigenvalue weighted by molar-refractivity contribution is 6.31. The van der Waals surface area contributed by atoms with Gasteiger partial charge in [-0.1, -0.05) is 25.4 Å². The molecule has 11 heteroatoms. The Morgan fingerprint density at radius 2 is 1.69 bits per heavy atom. The van der Waals surface area contributed by atoms with Gasteiger partial charge >= 0.3 is 6.18 Å². The molecular formula is C25H27ClF4N6. The molecule has 0 atom stereocenters.